The maximum atomic E-state index is 15.1. The van der Waals surface area contributed by atoms with Crippen LogP contribution in [0.25, 0.3) is 5.57 Å². The fourth-order valence-corrected chi connectivity index (χ4v) is 2.95. The SMILES string of the molecule is N#Cc1ccc(COC(=O)NC(=N)N)c(F)c1N1CC=C(c2ncccn2)CC1. The number of rotatable bonds is 4. The van der Waals surface area contributed by atoms with Crippen LogP contribution in [0.3, 0.4) is 0 Å². The number of nitrogens with zero attached hydrogens (tertiary/aromatic N) is 4. The lowest BCUT2D eigenvalue weighted by Gasteiger charge is -2.29. The van der Waals surface area contributed by atoms with Crippen LogP contribution in [0, 0.1) is 22.6 Å². The molecule has 1 aliphatic rings. The number of halogens is 1. The number of nitrogens with two attached hydrogens (primary N) is 1. The highest BCUT2D eigenvalue weighted by Gasteiger charge is 2.23. The van der Waals surface area contributed by atoms with E-state index in [9.17, 15) is 10.1 Å². The quantitative estimate of drug-likeness (QED) is 0.530. The van der Waals surface area contributed by atoms with Gasteiger partial charge in [-0.3, -0.25) is 10.7 Å². The van der Waals surface area contributed by atoms with Crippen LogP contribution in [-0.4, -0.2) is 35.1 Å². The van der Waals surface area contributed by atoms with Gasteiger partial charge < -0.3 is 15.4 Å². The van der Waals surface area contributed by atoms with Gasteiger partial charge in [-0.05, 0) is 24.1 Å². The number of hydrogen-bond donors (Lipinski definition) is 3. The van der Waals surface area contributed by atoms with Gasteiger partial charge in [0.15, 0.2) is 17.6 Å². The molecule has 29 heavy (non-hydrogen) atoms. The molecule has 0 spiro atoms. The largest absolute Gasteiger partial charge is 0.444 e. The number of hydrogen-bond acceptors (Lipinski definition) is 7. The molecule has 1 aromatic carbocycles. The standard InChI is InChI=1S/C19H18FN7O2/c20-15-14(11-29-19(28)26-18(22)23)3-2-13(10-21)16(15)27-8-4-12(5-9-27)17-24-6-1-7-25-17/h1-4,6-7H,5,8-9,11H2,(H4,22,23,26,28). The number of aromatic nitrogens is 2. The Kier molecular flexibility index (Phi) is 5.99. The average molecular weight is 395 g/mol. The number of alkyl carbamates (subject to hydrolysis) is 1. The van der Waals surface area contributed by atoms with Gasteiger partial charge in [-0.15, -0.1) is 0 Å². The highest BCUT2D eigenvalue weighted by atomic mass is 19.1. The Bertz CT molecular complexity index is 1000. The molecule has 2 heterocycles. The fourth-order valence-electron chi connectivity index (χ4n) is 2.95. The molecule has 1 aromatic heterocycles. The Hall–Kier alpha value is -4.00. The summed E-state index contributed by atoms with van der Waals surface area (Å²) >= 11 is 0. The van der Waals surface area contributed by atoms with Gasteiger partial charge in [-0.25, -0.2) is 19.2 Å². The summed E-state index contributed by atoms with van der Waals surface area (Å²) in [6.07, 6.45) is 4.86. The number of benzene rings is 1. The van der Waals surface area contributed by atoms with Gasteiger partial charge in [0.25, 0.3) is 0 Å². The lowest BCUT2D eigenvalue weighted by Crippen LogP contribution is -2.36. The van der Waals surface area contributed by atoms with E-state index >= 15 is 4.39 Å². The van der Waals surface area contributed by atoms with E-state index in [0.29, 0.717) is 25.3 Å². The molecule has 10 heteroatoms. The summed E-state index contributed by atoms with van der Waals surface area (Å²) in [5, 5.41) is 18.3. The molecule has 2 aromatic rings. The molecule has 0 aliphatic carbocycles. The van der Waals surface area contributed by atoms with Crippen LogP contribution in [0.4, 0.5) is 14.9 Å². The predicted molar refractivity (Wildman–Crippen MR) is 103 cm³/mol. The Morgan fingerprint density at radius 2 is 2.17 bits per heavy atom. The third-order valence-electron chi connectivity index (χ3n) is 4.29. The van der Waals surface area contributed by atoms with Crippen LogP contribution in [0.2, 0.25) is 0 Å². The van der Waals surface area contributed by atoms with Crippen LogP contribution in [0.1, 0.15) is 23.4 Å². The average Bonchev–Trinajstić information content (AvgIpc) is 2.73. The summed E-state index contributed by atoms with van der Waals surface area (Å²) in [5.41, 5.74) is 6.46. The van der Waals surface area contributed by atoms with E-state index in [2.05, 4.69) is 9.97 Å². The van der Waals surface area contributed by atoms with Crippen molar-refractivity contribution >= 4 is 23.3 Å². The van der Waals surface area contributed by atoms with Crippen molar-refractivity contribution in [3.05, 3.63) is 59.4 Å². The minimum Gasteiger partial charge on any atom is -0.444 e. The number of guanidine groups is 1. The number of amides is 1. The summed E-state index contributed by atoms with van der Waals surface area (Å²) < 4.78 is 20.0. The van der Waals surface area contributed by atoms with E-state index in [4.69, 9.17) is 15.9 Å². The molecule has 0 fully saturated rings. The van der Waals surface area contributed by atoms with Crippen LogP contribution >= 0.6 is 0 Å². The zero-order chi connectivity index (χ0) is 20.8. The van der Waals surface area contributed by atoms with Crippen molar-refractivity contribution in [2.45, 2.75) is 13.0 Å². The Morgan fingerprint density at radius 1 is 1.41 bits per heavy atom. The molecule has 148 valence electrons. The maximum absolute atomic E-state index is 15.1. The van der Waals surface area contributed by atoms with Crippen molar-refractivity contribution < 1.29 is 13.9 Å². The molecule has 0 atom stereocenters. The maximum Gasteiger partial charge on any atom is 0.414 e. The number of carbonyl (C=O) groups excluding carboxylic acids is 1. The first kappa shape index (κ1) is 19.8. The van der Waals surface area contributed by atoms with E-state index in [1.54, 1.807) is 23.4 Å². The molecule has 0 saturated carbocycles. The number of ether oxygens (including phenoxy) is 1. The molecule has 0 bridgehead atoms. The van der Waals surface area contributed by atoms with Gasteiger partial charge in [-0.2, -0.15) is 5.26 Å². The summed E-state index contributed by atoms with van der Waals surface area (Å²) in [4.78, 5) is 21.7. The minimum atomic E-state index is -0.962. The number of nitriles is 1. The lowest BCUT2D eigenvalue weighted by molar-refractivity contribution is 0.143. The van der Waals surface area contributed by atoms with Crippen LogP contribution in [0.5, 0.6) is 0 Å². The summed E-state index contributed by atoms with van der Waals surface area (Å²) in [6, 6.07) is 6.61. The molecule has 1 amide bonds. The zero-order valence-corrected chi connectivity index (χ0v) is 15.4. The summed E-state index contributed by atoms with van der Waals surface area (Å²) in [5.74, 6) is -0.575. The summed E-state index contributed by atoms with van der Waals surface area (Å²) in [6.45, 7) is 0.496. The van der Waals surface area contributed by atoms with Crippen LogP contribution in [0.15, 0.2) is 36.7 Å². The van der Waals surface area contributed by atoms with Gasteiger partial charge in [0.05, 0.1) is 11.3 Å². The van der Waals surface area contributed by atoms with Gasteiger partial charge in [-0.1, -0.05) is 12.1 Å². The molecule has 9 nitrogen and oxygen atoms in total. The van der Waals surface area contributed by atoms with Crippen molar-refractivity contribution in [2.75, 3.05) is 18.0 Å². The molecule has 0 radical (unpaired) electrons. The highest BCUT2D eigenvalue weighted by Crippen LogP contribution is 2.31. The first-order valence-corrected chi connectivity index (χ1v) is 8.70. The molecule has 0 unspecified atom stereocenters. The van der Waals surface area contributed by atoms with Crippen LogP contribution in [-0.2, 0) is 11.3 Å². The second-order valence-electron chi connectivity index (χ2n) is 6.16. The normalized spacial score (nSPS) is 13.2. The van der Waals surface area contributed by atoms with Crippen molar-refractivity contribution in [1.29, 1.82) is 10.7 Å². The number of anilines is 1. The van der Waals surface area contributed by atoms with Crippen molar-refractivity contribution in [3.63, 3.8) is 0 Å². The third-order valence-corrected chi connectivity index (χ3v) is 4.29. The smallest absolute Gasteiger partial charge is 0.414 e. The van der Waals surface area contributed by atoms with E-state index in [-0.39, 0.29) is 23.4 Å². The Balaban J connectivity index is 1.80. The number of carbonyl (C=O) groups is 1. The second kappa shape index (κ2) is 8.79. The molecule has 3 rings (SSSR count). The number of nitrogens with one attached hydrogen (secondary N) is 2. The van der Waals surface area contributed by atoms with E-state index in [0.717, 1.165) is 5.57 Å². The Morgan fingerprint density at radius 3 is 2.79 bits per heavy atom. The van der Waals surface area contributed by atoms with E-state index in [1.807, 2.05) is 17.5 Å². The van der Waals surface area contributed by atoms with E-state index in [1.165, 1.54) is 12.1 Å². The van der Waals surface area contributed by atoms with Gasteiger partial charge in [0.1, 0.15) is 12.7 Å². The fraction of sp³-hybridized carbons (Fsp3) is 0.211. The third kappa shape index (κ3) is 4.65. The first-order chi connectivity index (χ1) is 14.0. The van der Waals surface area contributed by atoms with Gasteiger partial charge in [0, 0.05) is 31.0 Å². The summed E-state index contributed by atoms with van der Waals surface area (Å²) in [7, 11) is 0. The zero-order valence-electron chi connectivity index (χ0n) is 15.4. The minimum absolute atomic E-state index is 0.110. The predicted octanol–water partition coefficient (Wildman–Crippen LogP) is 1.90. The molecule has 1 aliphatic heterocycles. The van der Waals surface area contributed by atoms with Gasteiger partial charge >= 0.3 is 6.09 Å². The molecule has 0 saturated heterocycles. The Labute approximate surface area is 166 Å². The van der Waals surface area contributed by atoms with E-state index < -0.39 is 17.9 Å². The lowest BCUT2D eigenvalue weighted by atomic mass is 10.0. The van der Waals surface area contributed by atoms with Crippen molar-refractivity contribution in [3.8, 4) is 6.07 Å². The van der Waals surface area contributed by atoms with Crippen LogP contribution < -0.4 is 16.0 Å². The van der Waals surface area contributed by atoms with Gasteiger partial charge in [0.2, 0.25) is 0 Å². The second-order valence-corrected chi connectivity index (χ2v) is 6.16. The molecule has 4 N–H and O–H groups in total. The monoisotopic (exact) mass is 395 g/mol. The molecular weight excluding hydrogens is 377 g/mol. The molecular formula is C19H18FN7O2. The highest BCUT2D eigenvalue weighted by molar-refractivity contribution is 5.90. The first-order valence-electron chi connectivity index (χ1n) is 8.70. The van der Waals surface area contributed by atoms with Crippen molar-refractivity contribution in [1.82, 2.24) is 15.3 Å². The van der Waals surface area contributed by atoms with Crippen molar-refractivity contribution in [2.24, 2.45) is 5.73 Å². The topological polar surface area (TPSA) is 141 Å².